The number of para-hydroxylation sites is 1. The Labute approximate surface area is 362 Å². The lowest BCUT2D eigenvalue weighted by Crippen LogP contribution is -2.00. The van der Waals surface area contributed by atoms with Crippen LogP contribution < -0.4 is 0 Å². The van der Waals surface area contributed by atoms with Gasteiger partial charge in [0.25, 0.3) is 0 Å². The summed E-state index contributed by atoms with van der Waals surface area (Å²) in [5.41, 5.74) is 13.1. The van der Waals surface area contributed by atoms with Crippen molar-refractivity contribution in [3.63, 3.8) is 0 Å². The molecule has 0 aliphatic carbocycles. The van der Waals surface area contributed by atoms with Crippen LogP contribution in [0.5, 0.6) is 0 Å². The molecule has 0 spiro atoms. The molecular formula is C57H36N4S. The van der Waals surface area contributed by atoms with Gasteiger partial charge in [0, 0.05) is 53.3 Å². The third-order valence-electron chi connectivity index (χ3n) is 11.8. The van der Waals surface area contributed by atoms with Crippen LogP contribution in [-0.2, 0) is 0 Å². The molecule has 4 nitrogen and oxygen atoms in total. The van der Waals surface area contributed by atoms with E-state index in [-0.39, 0.29) is 0 Å². The maximum Gasteiger partial charge on any atom is 0.164 e. The Kier molecular flexibility index (Phi) is 8.65. The van der Waals surface area contributed by atoms with Gasteiger partial charge in [-0.05, 0) is 81.9 Å². The Morgan fingerprint density at radius 1 is 0.306 bits per heavy atom. The van der Waals surface area contributed by atoms with Crippen molar-refractivity contribution < 1.29 is 0 Å². The smallest absolute Gasteiger partial charge is 0.164 e. The lowest BCUT2D eigenvalue weighted by Gasteiger charge is -2.12. The number of hydrogen-bond donors (Lipinski definition) is 0. The first-order chi connectivity index (χ1) is 30.7. The van der Waals surface area contributed by atoms with Crippen molar-refractivity contribution in [1.82, 2.24) is 19.5 Å². The topological polar surface area (TPSA) is 43.6 Å². The first-order valence-electron chi connectivity index (χ1n) is 20.8. The largest absolute Gasteiger partial charge is 0.309 e. The molecule has 0 unspecified atom stereocenters. The molecule has 5 heteroatoms. The zero-order valence-electron chi connectivity index (χ0n) is 33.5. The van der Waals surface area contributed by atoms with Crippen LogP contribution in [0.1, 0.15) is 0 Å². The molecule has 62 heavy (non-hydrogen) atoms. The van der Waals surface area contributed by atoms with E-state index in [0.717, 1.165) is 44.5 Å². The lowest BCUT2D eigenvalue weighted by atomic mass is 9.98. The first kappa shape index (κ1) is 35.9. The molecule has 0 saturated heterocycles. The predicted molar refractivity (Wildman–Crippen MR) is 260 cm³/mol. The van der Waals surface area contributed by atoms with E-state index < -0.39 is 0 Å². The molecule has 3 aromatic heterocycles. The summed E-state index contributed by atoms with van der Waals surface area (Å²) in [5.74, 6) is 1.87. The average Bonchev–Trinajstić information content (AvgIpc) is 3.90. The fourth-order valence-electron chi connectivity index (χ4n) is 8.91. The third-order valence-corrected chi connectivity index (χ3v) is 13.0. The van der Waals surface area contributed by atoms with Gasteiger partial charge in [-0.15, -0.1) is 11.3 Å². The van der Waals surface area contributed by atoms with Gasteiger partial charge in [-0.3, -0.25) is 0 Å². The maximum absolute atomic E-state index is 5.23. The van der Waals surface area contributed by atoms with Crippen LogP contribution >= 0.6 is 11.3 Å². The number of fused-ring (bicyclic) bond motifs is 6. The molecule has 0 amide bonds. The van der Waals surface area contributed by atoms with Crippen molar-refractivity contribution in [2.45, 2.75) is 0 Å². The summed E-state index contributed by atoms with van der Waals surface area (Å²) in [6, 6.07) is 77.5. The highest BCUT2D eigenvalue weighted by atomic mass is 32.1. The summed E-state index contributed by atoms with van der Waals surface area (Å²) in [6.45, 7) is 0. The number of hydrogen-bond acceptors (Lipinski definition) is 4. The molecule has 0 aliphatic heterocycles. The van der Waals surface area contributed by atoms with Crippen LogP contribution in [0, 0.1) is 0 Å². The second-order valence-corrected chi connectivity index (χ2v) is 16.7. The zero-order chi connectivity index (χ0) is 41.0. The van der Waals surface area contributed by atoms with E-state index in [0.29, 0.717) is 17.5 Å². The lowest BCUT2D eigenvalue weighted by molar-refractivity contribution is 1.07. The Morgan fingerprint density at radius 2 is 0.823 bits per heavy atom. The van der Waals surface area contributed by atoms with Crippen LogP contribution in [0.2, 0.25) is 0 Å². The zero-order valence-corrected chi connectivity index (χ0v) is 34.3. The molecule has 0 aliphatic rings. The highest BCUT2D eigenvalue weighted by Gasteiger charge is 2.18. The summed E-state index contributed by atoms with van der Waals surface area (Å²) in [6.07, 6.45) is 0. The van der Waals surface area contributed by atoms with E-state index in [1.165, 1.54) is 53.2 Å². The Hall–Kier alpha value is -7.99. The summed E-state index contributed by atoms with van der Waals surface area (Å²) in [4.78, 5) is 15.5. The molecule has 0 radical (unpaired) electrons. The molecule has 12 rings (SSSR count). The van der Waals surface area contributed by atoms with Crippen molar-refractivity contribution in [2.24, 2.45) is 0 Å². The van der Waals surface area contributed by atoms with Crippen molar-refractivity contribution in [3.8, 4) is 73.2 Å². The fraction of sp³-hybridized carbons (Fsp3) is 0. The number of nitrogens with zero attached hydrogens (tertiary/aromatic N) is 4. The van der Waals surface area contributed by atoms with Gasteiger partial charge in [-0.25, -0.2) is 15.0 Å². The van der Waals surface area contributed by atoms with Crippen molar-refractivity contribution >= 4 is 53.3 Å². The van der Waals surface area contributed by atoms with Crippen LogP contribution in [0.4, 0.5) is 0 Å². The first-order valence-corrected chi connectivity index (χ1v) is 21.7. The molecule has 0 saturated carbocycles. The molecule has 9 aromatic carbocycles. The monoisotopic (exact) mass is 808 g/mol. The van der Waals surface area contributed by atoms with E-state index in [1.807, 2.05) is 29.5 Å². The van der Waals surface area contributed by atoms with Crippen molar-refractivity contribution in [2.75, 3.05) is 0 Å². The van der Waals surface area contributed by atoms with Crippen LogP contribution in [0.25, 0.3) is 115 Å². The average molecular weight is 809 g/mol. The van der Waals surface area contributed by atoms with Gasteiger partial charge in [-0.1, -0.05) is 170 Å². The van der Waals surface area contributed by atoms with Crippen LogP contribution in [-0.4, -0.2) is 19.5 Å². The van der Waals surface area contributed by atoms with E-state index in [9.17, 15) is 0 Å². The van der Waals surface area contributed by atoms with Gasteiger partial charge < -0.3 is 4.57 Å². The number of aromatic nitrogens is 4. The summed E-state index contributed by atoms with van der Waals surface area (Å²) in [5, 5.41) is 4.97. The van der Waals surface area contributed by atoms with Crippen LogP contribution in [0.15, 0.2) is 218 Å². The Bertz CT molecular complexity index is 3640. The van der Waals surface area contributed by atoms with Crippen molar-refractivity contribution in [1.29, 1.82) is 0 Å². The van der Waals surface area contributed by atoms with Gasteiger partial charge in [-0.2, -0.15) is 0 Å². The molecule has 290 valence electrons. The second kappa shape index (κ2) is 14.9. The van der Waals surface area contributed by atoms with E-state index in [4.69, 9.17) is 15.0 Å². The van der Waals surface area contributed by atoms with Crippen LogP contribution in [0.3, 0.4) is 0 Å². The minimum absolute atomic E-state index is 0.619. The molecule has 3 heterocycles. The van der Waals surface area contributed by atoms with Gasteiger partial charge in [0.15, 0.2) is 17.5 Å². The van der Waals surface area contributed by atoms with Gasteiger partial charge in [0.05, 0.1) is 11.0 Å². The molecular weight excluding hydrogens is 773 g/mol. The second-order valence-electron chi connectivity index (χ2n) is 15.6. The highest BCUT2D eigenvalue weighted by molar-refractivity contribution is 7.25. The minimum Gasteiger partial charge on any atom is -0.309 e. The highest BCUT2D eigenvalue weighted by Crippen LogP contribution is 2.41. The summed E-state index contributed by atoms with van der Waals surface area (Å²) >= 11 is 1.85. The van der Waals surface area contributed by atoms with E-state index in [1.54, 1.807) is 0 Å². The SMILES string of the molecule is c1ccc(-c2cccc(-c3cccc(-c4nc(-c5ccccc5)nc(-c5ccc6c7ccccc7n(-c7cccc(-c8cccc9sc%10ccccc%10c89)c7)c6c5)n4)c3)c2)cc1. The molecule has 0 N–H and O–H groups in total. The van der Waals surface area contributed by atoms with Gasteiger partial charge >= 0.3 is 0 Å². The normalized spacial score (nSPS) is 11.5. The standard InChI is InChI=1S/C57H36N4S/c1-3-15-37(16-4-1)39-19-11-20-40(33-39)41-21-12-23-43(34-41)56-58-55(38-17-5-2-6-18-38)59-57(60-56)44-31-32-48-47-25-7-9-28-50(47)61(51(48)36-44)45-24-13-22-42(35-45)46-27-14-30-53-54(46)49-26-8-10-29-52(49)62-53/h1-36H. The number of rotatable bonds is 7. The minimum atomic E-state index is 0.619. The molecule has 0 fully saturated rings. The quantitative estimate of drug-likeness (QED) is 0.161. The third kappa shape index (κ3) is 6.26. The molecule has 0 atom stereocenters. The van der Waals surface area contributed by atoms with Crippen molar-refractivity contribution in [3.05, 3.63) is 218 Å². The van der Waals surface area contributed by atoms with Gasteiger partial charge in [0.1, 0.15) is 0 Å². The van der Waals surface area contributed by atoms with E-state index in [2.05, 4.69) is 205 Å². The molecule has 0 bridgehead atoms. The van der Waals surface area contributed by atoms with E-state index >= 15 is 0 Å². The Balaban J connectivity index is 1.01. The summed E-state index contributed by atoms with van der Waals surface area (Å²) < 4.78 is 4.99. The summed E-state index contributed by atoms with van der Waals surface area (Å²) in [7, 11) is 0. The fourth-order valence-corrected chi connectivity index (χ4v) is 10.0. The number of benzene rings is 9. The number of thiophene rings is 1. The van der Waals surface area contributed by atoms with Gasteiger partial charge in [0.2, 0.25) is 0 Å². The Morgan fingerprint density at radius 3 is 1.60 bits per heavy atom. The molecule has 12 aromatic rings. The maximum atomic E-state index is 5.23. The predicted octanol–water partition coefficient (Wildman–Crippen LogP) is 15.3.